The summed E-state index contributed by atoms with van der Waals surface area (Å²) in [5.74, 6) is -0.665. The Balaban J connectivity index is 2.53. The normalized spacial score (nSPS) is 15.7. The van der Waals surface area contributed by atoms with E-state index in [1.807, 2.05) is 31.2 Å². The molecule has 0 aromatic heterocycles. The summed E-state index contributed by atoms with van der Waals surface area (Å²) in [6, 6.07) is 7.74. The average Bonchev–Trinajstić information content (AvgIpc) is 2.35. The molecule has 1 rings (SSSR count). The van der Waals surface area contributed by atoms with E-state index in [-0.39, 0.29) is 6.04 Å². The van der Waals surface area contributed by atoms with Gasteiger partial charge in [-0.15, -0.1) is 0 Å². The lowest BCUT2D eigenvalue weighted by atomic mass is 10.00. The predicted octanol–water partition coefficient (Wildman–Crippen LogP) is 1.73. The van der Waals surface area contributed by atoms with E-state index in [0.29, 0.717) is 12.3 Å². The highest BCUT2D eigenvalue weighted by Crippen LogP contribution is 2.16. The summed E-state index contributed by atoms with van der Waals surface area (Å²) in [5.41, 5.74) is 1.90. The Labute approximate surface area is 116 Å². The maximum Gasteiger partial charge on any atom is 0.310 e. The number of nitrogens with one attached hydrogen (secondary N) is 1. The van der Waals surface area contributed by atoms with Crippen LogP contribution >= 0.6 is 0 Å². The van der Waals surface area contributed by atoms with Crippen LogP contribution in [0, 0.1) is 0 Å². The molecule has 0 aliphatic carbocycles. The molecule has 3 unspecified atom stereocenters. The predicted molar refractivity (Wildman–Crippen MR) is 77.7 cm³/mol. The number of aliphatic carboxylic acids is 1. The van der Waals surface area contributed by atoms with Gasteiger partial charge in [-0.3, -0.25) is 9.00 Å². The zero-order chi connectivity index (χ0) is 14.4. The number of hydrogen-bond donors (Lipinski definition) is 2. The molecular formula is C14H21NO3S. The summed E-state index contributed by atoms with van der Waals surface area (Å²) < 4.78 is 11.1. The van der Waals surface area contributed by atoms with Crippen LogP contribution in [0.25, 0.3) is 0 Å². The average molecular weight is 283 g/mol. The Kier molecular flexibility index (Phi) is 6.18. The SMILES string of the molecule is CC(CS(C)=O)NCc1ccc(C(C)C(=O)O)cc1. The molecule has 5 heteroatoms. The zero-order valence-electron chi connectivity index (χ0n) is 11.6. The molecule has 106 valence electrons. The van der Waals surface area contributed by atoms with Gasteiger partial charge in [0.1, 0.15) is 0 Å². The van der Waals surface area contributed by atoms with E-state index < -0.39 is 22.7 Å². The minimum atomic E-state index is -0.815. The summed E-state index contributed by atoms with van der Waals surface area (Å²) in [7, 11) is -0.796. The lowest BCUT2D eigenvalue weighted by Crippen LogP contribution is -2.30. The molecule has 0 radical (unpaired) electrons. The van der Waals surface area contributed by atoms with Gasteiger partial charge in [0.25, 0.3) is 0 Å². The zero-order valence-corrected chi connectivity index (χ0v) is 12.4. The number of rotatable bonds is 7. The smallest absolute Gasteiger partial charge is 0.310 e. The number of carboxylic acid groups (broad SMARTS) is 1. The maximum absolute atomic E-state index is 11.1. The summed E-state index contributed by atoms with van der Waals surface area (Å²) in [4.78, 5) is 10.9. The molecule has 1 aromatic carbocycles. The molecule has 2 N–H and O–H groups in total. The Morgan fingerprint density at radius 1 is 1.32 bits per heavy atom. The second-order valence-corrected chi connectivity index (χ2v) is 6.30. The van der Waals surface area contributed by atoms with Gasteiger partial charge in [-0.2, -0.15) is 0 Å². The monoisotopic (exact) mass is 283 g/mol. The van der Waals surface area contributed by atoms with Crippen molar-refractivity contribution in [1.82, 2.24) is 5.32 Å². The van der Waals surface area contributed by atoms with E-state index in [2.05, 4.69) is 5.32 Å². The van der Waals surface area contributed by atoms with Crippen molar-refractivity contribution in [3.63, 3.8) is 0 Å². The molecular weight excluding hydrogens is 262 g/mol. The van der Waals surface area contributed by atoms with Gasteiger partial charge in [0, 0.05) is 35.4 Å². The Bertz CT molecular complexity index is 445. The van der Waals surface area contributed by atoms with Crippen LogP contribution in [0.2, 0.25) is 0 Å². The van der Waals surface area contributed by atoms with Crippen LogP contribution < -0.4 is 5.32 Å². The highest BCUT2D eigenvalue weighted by atomic mass is 32.2. The fraction of sp³-hybridized carbons (Fsp3) is 0.500. The molecule has 0 aliphatic rings. The molecule has 19 heavy (non-hydrogen) atoms. The van der Waals surface area contributed by atoms with Gasteiger partial charge < -0.3 is 10.4 Å². The van der Waals surface area contributed by atoms with Crippen LogP contribution in [-0.4, -0.2) is 33.3 Å². The molecule has 0 heterocycles. The van der Waals surface area contributed by atoms with Crippen molar-refractivity contribution in [3.05, 3.63) is 35.4 Å². The molecule has 0 fully saturated rings. The lowest BCUT2D eigenvalue weighted by Gasteiger charge is -2.13. The van der Waals surface area contributed by atoms with Crippen LogP contribution in [0.1, 0.15) is 30.9 Å². The van der Waals surface area contributed by atoms with Gasteiger partial charge in [-0.25, -0.2) is 0 Å². The summed E-state index contributed by atoms with van der Waals surface area (Å²) in [5, 5.41) is 12.2. The Morgan fingerprint density at radius 3 is 2.37 bits per heavy atom. The second kappa shape index (κ2) is 7.40. The number of carbonyl (C=O) groups is 1. The third-order valence-electron chi connectivity index (χ3n) is 2.99. The number of carboxylic acids is 1. The van der Waals surface area contributed by atoms with Gasteiger partial charge in [-0.05, 0) is 25.0 Å². The van der Waals surface area contributed by atoms with Crippen molar-refractivity contribution in [2.75, 3.05) is 12.0 Å². The third kappa shape index (κ3) is 5.53. The van der Waals surface area contributed by atoms with Crippen molar-refractivity contribution in [1.29, 1.82) is 0 Å². The van der Waals surface area contributed by atoms with E-state index >= 15 is 0 Å². The lowest BCUT2D eigenvalue weighted by molar-refractivity contribution is -0.138. The molecule has 0 aliphatic heterocycles. The molecule has 0 amide bonds. The van der Waals surface area contributed by atoms with Gasteiger partial charge >= 0.3 is 5.97 Å². The highest BCUT2D eigenvalue weighted by Gasteiger charge is 2.13. The maximum atomic E-state index is 11.1. The minimum Gasteiger partial charge on any atom is -0.481 e. The fourth-order valence-corrected chi connectivity index (χ4v) is 2.59. The Hall–Kier alpha value is -1.20. The standard InChI is InChI=1S/C14H21NO3S/c1-10(9-19(3)18)15-8-12-4-6-13(7-5-12)11(2)14(16)17/h4-7,10-11,15H,8-9H2,1-3H3,(H,16,17). The number of hydrogen-bond acceptors (Lipinski definition) is 3. The van der Waals surface area contributed by atoms with Gasteiger partial charge in [0.15, 0.2) is 0 Å². The second-order valence-electron chi connectivity index (χ2n) is 4.82. The van der Waals surface area contributed by atoms with Crippen LogP contribution in [0.3, 0.4) is 0 Å². The van der Waals surface area contributed by atoms with Crippen LogP contribution in [-0.2, 0) is 22.1 Å². The van der Waals surface area contributed by atoms with Gasteiger partial charge in [0.2, 0.25) is 0 Å². The van der Waals surface area contributed by atoms with Crippen molar-refractivity contribution in [3.8, 4) is 0 Å². The van der Waals surface area contributed by atoms with Crippen molar-refractivity contribution in [2.45, 2.75) is 32.4 Å². The highest BCUT2D eigenvalue weighted by molar-refractivity contribution is 7.84. The summed E-state index contributed by atoms with van der Waals surface area (Å²) in [6.45, 7) is 4.37. The first-order chi connectivity index (χ1) is 8.90. The van der Waals surface area contributed by atoms with Crippen LogP contribution in [0.15, 0.2) is 24.3 Å². The molecule has 0 bridgehead atoms. The van der Waals surface area contributed by atoms with Crippen LogP contribution in [0.5, 0.6) is 0 Å². The summed E-state index contributed by atoms with van der Waals surface area (Å²) >= 11 is 0. The van der Waals surface area contributed by atoms with Gasteiger partial charge in [0.05, 0.1) is 5.92 Å². The molecule has 0 saturated heterocycles. The topological polar surface area (TPSA) is 66.4 Å². The Morgan fingerprint density at radius 2 is 1.89 bits per heavy atom. The van der Waals surface area contributed by atoms with E-state index in [1.54, 1.807) is 13.2 Å². The van der Waals surface area contributed by atoms with Crippen molar-refractivity contribution < 1.29 is 14.1 Å². The fourth-order valence-electron chi connectivity index (χ4n) is 1.77. The van der Waals surface area contributed by atoms with E-state index in [9.17, 15) is 9.00 Å². The minimum absolute atomic E-state index is 0.198. The first-order valence-electron chi connectivity index (χ1n) is 6.25. The van der Waals surface area contributed by atoms with Crippen molar-refractivity contribution >= 4 is 16.8 Å². The largest absolute Gasteiger partial charge is 0.481 e. The summed E-state index contributed by atoms with van der Waals surface area (Å²) in [6.07, 6.45) is 1.69. The van der Waals surface area contributed by atoms with Gasteiger partial charge in [-0.1, -0.05) is 24.3 Å². The number of benzene rings is 1. The third-order valence-corrected chi connectivity index (χ3v) is 3.96. The first-order valence-corrected chi connectivity index (χ1v) is 7.98. The van der Waals surface area contributed by atoms with E-state index in [1.165, 1.54) is 0 Å². The van der Waals surface area contributed by atoms with Crippen molar-refractivity contribution in [2.24, 2.45) is 0 Å². The molecule has 4 nitrogen and oxygen atoms in total. The molecule has 0 saturated carbocycles. The van der Waals surface area contributed by atoms with E-state index in [4.69, 9.17) is 5.11 Å². The van der Waals surface area contributed by atoms with Crippen LogP contribution in [0.4, 0.5) is 0 Å². The van der Waals surface area contributed by atoms with E-state index in [0.717, 1.165) is 11.1 Å². The molecule has 3 atom stereocenters. The molecule has 0 spiro atoms. The first kappa shape index (κ1) is 15.9. The quantitative estimate of drug-likeness (QED) is 0.800. The molecule has 1 aromatic rings.